The molecule has 0 spiro atoms. The van der Waals surface area contributed by atoms with Crippen LogP contribution in [0.5, 0.6) is 0 Å². The number of hydrogen-bond donors (Lipinski definition) is 2. The summed E-state index contributed by atoms with van der Waals surface area (Å²) in [6, 6.07) is 10.3. The molecule has 2 aromatic rings. The van der Waals surface area contributed by atoms with Gasteiger partial charge in [0.25, 0.3) is 0 Å². The summed E-state index contributed by atoms with van der Waals surface area (Å²) in [5.41, 5.74) is 2.48. The van der Waals surface area contributed by atoms with E-state index < -0.39 is 0 Å². The van der Waals surface area contributed by atoms with Gasteiger partial charge in [-0.25, -0.2) is 4.99 Å². The van der Waals surface area contributed by atoms with Crippen LogP contribution in [-0.2, 0) is 13.1 Å². The van der Waals surface area contributed by atoms with Crippen LogP contribution in [0.2, 0.25) is 0 Å². The van der Waals surface area contributed by atoms with Crippen molar-refractivity contribution < 1.29 is 0 Å². The smallest absolute Gasteiger partial charge is 0.191 e. The Morgan fingerprint density at radius 2 is 2.04 bits per heavy atom. The van der Waals surface area contributed by atoms with Crippen molar-refractivity contribution in [1.29, 1.82) is 0 Å². The molecule has 2 rings (SSSR count). The Kier molecular flexibility index (Phi) is 7.52. The number of hydrogen-bond acceptors (Lipinski definition) is 3. The molecular weight excluding hydrogens is 306 g/mol. The van der Waals surface area contributed by atoms with Crippen LogP contribution in [0.25, 0.3) is 0 Å². The van der Waals surface area contributed by atoms with Crippen molar-refractivity contribution in [1.82, 2.24) is 20.4 Å². The Morgan fingerprint density at radius 1 is 1.22 bits per heavy atom. The molecule has 1 heterocycles. The quantitative estimate of drug-likeness (QED) is 0.443. The normalized spacial score (nSPS) is 11.5. The number of nitrogens with one attached hydrogen (secondary N) is 2. The number of benzene rings is 1. The molecule has 1 aromatic heterocycles. The Bertz CT molecular complexity index is 595. The molecule has 0 saturated carbocycles. The van der Waals surface area contributed by atoms with Crippen molar-refractivity contribution in [2.75, 3.05) is 25.1 Å². The van der Waals surface area contributed by atoms with Gasteiger partial charge in [0.05, 0.1) is 13.1 Å². The molecule has 0 amide bonds. The molecule has 0 saturated heterocycles. The third-order valence-electron chi connectivity index (χ3n) is 3.36. The summed E-state index contributed by atoms with van der Waals surface area (Å²) < 4.78 is 1.93. The van der Waals surface area contributed by atoms with Gasteiger partial charge >= 0.3 is 0 Å². The molecule has 0 radical (unpaired) electrons. The zero-order valence-corrected chi connectivity index (χ0v) is 14.6. The van der Waals surface area contributed by atoms with E-state index in [0.717, 1.165) is 31.3 Å². The molecular formula is C17H25N5S. The second kappa shape index (κ2) is 9.94. The molecule has 2 N–H and O–H groups in total. The summed E-state index contributed by atoms with van der Waals surface area (Å²) in [7, 11) is 0. The second-order valence-electron chi connectivity index (χ2n) is 5.09. The molecule has 0 aliphatic rings. The molecule has 6 heteroatoms. The van der Waals surface area contributed by atoms with Crippen molar-refractivity contribution in [2.24, 2.45) is 4.99 Å². The standard InChI is InChI=1S/C17H25N5S/c1-3-18-17(19-10-12-23-2)20-13-15-7-4-5-8-16(15)14-22-11-6-9-21-22/h4-9,11H,3,10,12-14H2,1-2H3,(H2,18,19,20). The topological polar surface area (TPSA) is 54.2 Å². The molecule has 0 bridgehead atoms. The number of thioether (sulfide) groups is 1. The zero-order valence-electron chi connectivity index (χ0n) is 13.8. The van der Waals surface area contributed by atoms with Gasteiger partial charge in [-0.15, -0.1) is 0 Å². The van der Waals surface area contributed by atoms with Gasteiger partial charge in [0.2, 0.25) is 0 Å². The molecule has 0 aliphatic carbocycles. The number of rotatable bonds is 8. The van der Waals surface area contributed by atoms with E-state index in [9.17, 15) is 0 Å². The van der Waals surface area contributed by atoms with Crippen LogP contribution >= 0.6 is 11.8 Å². The van der Waals surface area contributed by atoms with Crippen LogP contribution in [0.4, 0.5) is 0 Å². The first-order valence-corrected chi connectivity index (χ1v) is 9.28. The van der Waals surface area contributed by atoms with E-state index in [4.69, 9.17) is 4.99 Å². The minimum Gasteiger partial charge on any atom is -0.357 e. The lowest BCUT2D eigenvalue weighted by atomic mass is 10.1. The number of aliphatic imine (C=N–C) groups is 1. The summed E-state index contributed by atoms with van der Waals surface area (Å²) in [6.07, 6.45) is 5.89. The van der Waals surface area contributed by atoms with Crippen LogP contribution in [0, 0.1) is 0 Å². The highest BCUT2D eigenvalue weighted by Gasteiger charge is 2.03. The van der Waals surface area contributed by atoms with E-state index in [1.54, 1.807) is 6.20 Å². The van der Waals surface area contributed by atoms with Gasteiger partial charge in [-0.3, -0.25) is 4.68 Å². The third-order valence-corrected chi connectivity index (χ3v) is 3.97. The molecule has 5 nitrogen and oxygen atoms in total. The molecule has 124 valence electrons. The van der Waals surface area contributed by atoms with Gasteiger partial charge in [-0.2, -0.15) is 16.9 Å². The van der Waals surface area contributed by atoms with Crippen LogP contribution in [0.15, 0.2) is 47.7 Å². The van der Waals surface area contributed by atoms with Crippen molar-refractivity contribution >= 4 is 17.7 Å². The van der Waals surface area contributed by atoms with E-state index in [1.165, 1.54) is 11.1 Å². The highest BCUT2D eigenvalue weighted by atomic mass is 32.2. The summed E-state index contributed by atoms with van der Waals surface area (Å²) in [6.45, 7) is 5.29. The monoisotopic (exact) mass is 331 g/mol. The van der Waals surface area contributed by atoms with Gasteiger partial charge in [-0.1, -0.05) is 24.3 Å². The van der Waals surface area contributed by atoms with Gasteiger partial charge in [0.15, 0.2) is 5.96 Å². The maximum atomic E-state index is 4.70. The summed E-state index contributed by atoms with van der Waals surface area (Å²) >= 11 is 1.83. The fourth-order valence-electron chi connectivity index (χ4n) is 2.21. The molecule has 0 aliphatic heterocycles. The Morgan fingerprint density at radius 3 is 2.74 bits per heavy atom. The van der Waals surface area contributed by atoms with Gasteiger partial charge in [0, 0.05) is 31.2 Å². The molecule has 1 aromatic carbocycles. The Hall–Kier alpha value is -1.95. The SMILES string of the molecule is CCNC(=NCc1ccccc1Cn1cccn1)NCCSC. The average Bonchev–Trinajstić information content (AvgIpc) is 3.07. The van der Waals surface area contributed by atoms with E-state index in [2.05, 4.69) is 53.2 Å². The highest BCUT2D eigenvalue weighted by molar-refractivity contribution is 7.98. The van der Waals surface area contributed by atoms with Crippen LogP contribution in [0.1, 0.15) is 18.1 Å². The zero-order chi connectivity index (χ0) is 16.3. The largest absolute Gasteiger partial charge is 0.357 e. The summed E-state index contributed by atoms with van der Waals surface area (Å²) in [5, 5.41) is 10.9. The van der Waals surface area contributed by atoms with Crippen molar-refractivity contribution in [3.8, 4) is 0 Å². The van der Waals surface area contributed by atoms with Gasteiger partial charge in [0.1, 0.15) is 0 Å². The van der Waals surface area contributed by atoms with Crippen LogP contribution in [0.3, 0.4) is 0 Å². The van der Waals surface area contributed by atoms with E-state index in [-0.39, 0.29) is 0 Å². The fourth-order valence-corrected chi connectivity index (χ4v) is 2.52. The van der Waals surface area contributed by atoms with E-state index in [1.807, 2.05) is 28.7 Å². The number of aromatic nitrogens is 2. The lowest BCUT2D eigenvalue weighted by molar-refractivity contribution is 0.681. The third kappa shape index (κ3) is 5.98. The molecule has 0 fully saturated rings. The maximum Gasteiger partial charge on any atom is 0.191 e. The Labute approximate surface area is 142 Å². The lowest BCUT2D eigenvalue weighted by Gasteiger charge is -2.12. The van der Waals surface area contributed by atoms with Crippen LogP contribution in [-0.4, -0.2) is 40.8 Å². The first-order chi connectivity index (χ1) is 11.3. The minimum atomic E-state index is 0.659. The maximum absolute atomic E-state index is 4.70. The van der Waals surface area contributed by atoms with Crippen LogP contribution < -0.4 is 10.6 Å². The first-order valence-electron chi connectivity index (χ1n) is 7.88. The molecule has 0 atom stereocenters. The number of guanidine groups is 1. The predicted molar refractivity (Wildman–Crippen MR) is 99.0 cm³/mol. The van der Waals surface area contributed by atoms with E-state index in [0.29, 0.717) is 6.54 Å². The lowest BCUT2D eigenvalue weighted by Crippen LogP contribution is -2.38. The number of nitrogens with zero attached hydrogens (tertiary/aromatic N) is 3. The van der Waals surface area contributed by atoms with Crippen molar-refractivity contribution in [3.05, 3.63) is 53.9 Å². The molecule has 23 heavy (non-hydrogen) atoms. The fraction of sp³-hybridized carbons (Fsp3) is 0.412. The highest BCUT2D eigenvalue weighted by Crippen LogP contribution is 2.11. The minimum absolute atomic E-state index is 0.659. The van der Waals surface area contributed by atoms with Gasteiger partial charge in [-0.05, 0) is 30.4 Å². The van der Waals surface area contributed by atoms with E-state index >= 15 is 0 Å². The predicted octanol–water partition coefficient (Wildman–Crippen LogP) is 2.35. The van der Waals surface area contributed by atoms with Crippen molar-refractivity contribution in [2.45, 2.75) is 20.0 Å². The second-order valence-corrected chi connectivity index (χ2v) is 6.07. The summed E-state index contributed by atoms with van der Waals surface area (Å²) in [4.78, 5) is 4.70. The first kappa shape index (κ1) is 17.4. The summed E-state index contributed by atoms with van der Waals surface area (Å²) in [5.74, 6) is 1.94. The Balaban J connectivity index is 2.03. The average molecular weight is 331 g/mol. The van der Waals surface area contributed by atoms with Crippen molar-refractivity contribution in [3.63, 3.8) is 0 Å². The van der Waals surface area contributed by atoms with Gasteiger partial charge < -0.3 is 10.6 Å². The molecule has 0 unspecified atom stereocenters.